The standard InChI is InChI=1S/C20H23NO7S/c1-5-29(24,25)18-9-7-6-8-15(18)20(23)28-13(2)19(22)21-14-10-11-16(26-3)17(12-14)27-4/h6-13H,5H2,1-4H3,(H,21,22)/t13-/m1/s1. The highest BCUT2D eigenvalue weighted by molar-refractivity contribution is 7.91. The number of methoxy groups -OCH3 is 2. The van der Waals surface area contributed by atoms with E-state index in [4.69, 9.17) is 14.2 Å². The van der Waals surface area contributed by atoms with Crippen LogP contribution in [0.4, 0.5) is 5.69 Å². The summed E-state index contributed by atoms with van der Waals surface area (Å²) in [5.41, 5.74) is 0.310. The lowest BCUT2D eigenvalue weighted by molar-refractivity contribution is -0.123. The number of nitrogens with one attached hydrogen (secondary N) is 1. The summed E-state index contributed by atoms with van der Waals surface area (Å²) in [6.45, 7) is 2.88. The second-order valence-corrected chi connectivity index (χ2v) is 8.25. The fraction of sp³-hybridized carbons (Fsp3) is 0.300. The predicted octanol–water partition coefficient (Wildman–Crippen LogP) is 2.68. The molecule has 0 aromatic heterocycles. The number of benzene rings is 2. The molecule has 0 aliphatic rings. The summed E-state index contributed by atoms with van der Waals surface area (Å²) < 4.78 is 39.9. The molecule has 156 valence electrons. The van der Waals surface area contributed by atoms with E-state index in [0.717, 1.165) is 0 Å². The van der Waals surface area contributed by atoms with Crippen LogP contribution in [0.2, 0.25) is 0 Å². The lowest BCUT2D eigenvalue weighted by Gasteiger charge is -2.16. The zero-order valence-electron chi connectivity index (χ0n) is 16.6. The molecule has 0 fully saturated rings. The summed E-state index contributed by atoms with van der Waals surface area (Å²) in [6.07, 6.45) is -1.16. The normalized spacial score (nSPS) is 12.0. The number of ether oxygens (including phenoxy) is 3. The average Bonchev–Trinajstić information content (AvgIpc) is 2.73. The van der Waals surface area contributed by atoms with Crippen LogP contribution in [0.5, 0.6) is 11.5 Å². The SMILES string of the molecule is CCS(=O)(=O)c1ccccc1C(=O)O[C@H](C)C(=O)Nc1ccc(OC)c(OC)c1. The Labute approximate surface area is 169 Å². The first-order valence-corrected chi connectivity index (χ1v) is 10.4. The fourth-order valence-electron chi connectivity index (χ4n) is 2.50. The van der Waals surface area contributed by atoms with E-state index in [9.17, 15) is 18.0 Å². The number of hydrogen-bond acceptors (Lipinski definition) is 7. The molecule has 0 heterocycles. The number of hydrogen-bond donors (Lipinski definition) is 1. The summed E-state index contributed by atoms with van der Waals surface area (Å²) in [7, 11) is -0.658. The third-order valence-corrected chi connectivity index (χ3v) is 5.91. The van der Waals surface area contributed by atoms with E-state index in [1.807, 2.05) is 0 Å². The maximum atomic E-state index is 12.5. The molecule has 2 aromatic rings. The molecule has 0 saturated carbocycles. The van der Waals surface area contributed by atoms with E-state index in [1.54, 1.807) is 18.2 Å². The van der Waals surface area contributed by atoms with Gasteiger partial charge in [-0.25, -0.2) is 13.2 Å². The largest absolute Gasteiger partial charge is 0.493 e. The fourth-order valence-corrected chi connectivity index (χ4v) is 3.58. The maximum absolute atomic E-state index is 12.5. The molecule has 1 amide bonds. The first-order chi connectivity index (χ1) is 13.7. The van der Waals surface area contributed by atoms with Crippen molar-refractivity contribution in [3.05, 3.63) is 48.0 Å². The monoisotopic (exact) mass is 421 g/mol. The molecule has 0 spiro atoms. The van der Waals surface area contributed by atoms with Crippen molar-refractivity contribution in [2.24, 2.45) is 0 Å². The minimum atomic E-state index is -3.62. The number of sulfone groups is 1. The highest BCUT2D eigenvalue weighted by Gasteiger charge is 2.25. The molecule has 0 saturated heterocycles. The first kappa shape index (κ1) is 22.2. The molecule has 2 rings (SSSR count). The Morgan fingerprint density at radius 2 is 1.69 bits per heavy atom. The van der Waals surface area contributed by atoms with Crippen LogP contribution in [0.15, 0.2) is 47.4 Å². The summed E-state index contributed by atoms with van der Waals surface area (Å²) >= 11 is 0. The van der Waals surface area contributed by atoms with Gasteiger partial charge in [-0.05, 0) is 31.2 Å². The van der Waals surface area contributed by atoms with Gasteiger partial charge in [0.05, 0.1) is 30.4 Å². The Bertz CT molecular complexity index is 1000. The Hall–Kier alpha value is -3.07. The number of carbonyl (C=O) groups is 2. The van der Waals surface area contributed by atoms with E-state index < -0.39 is 27.8 Å². The van der Waals surface area contributed by atoms with Crippen LogP contribution in [0.1, 0.15) is 24.2 Å². The Morgan fingerprint density at radius 3 is 2.31 bits per heavy atom. The first-order valence-electron chi connectivity index (χ1n) is 8.79. The van der Waals surface area contributed by atoms with E-state index in [2.05, 4.69) is 5.32 Å². The second kappa shape index (κ2) is 9.42. The van der Waals surface area contributed by atoms with Gasteiger partial charge in [0.2, 0.25) is 0 Å². The molecule has 0 radical (unpaired) electrons. The van der Waals surface area contributed by atoms with Gasteiger partial charge >= 0.3 is 5.97 Å². The van der Waals surface area contributed by atoms with Gasteiger partial charge in [0.15, 0.2) is 27.4 Å². The third kappa shape index (κ3) is 5.26. The number of esters is 1. The van der Waals surface area contributed by atoms with E-state index in [1.165, 1.54) is 52.3 Å². The molecule has 0 aliphatic carbocycles. The van der Waals surface area contributed by atoms with Crippen LogP contribution < -0.4 is 14.8 Å². The van der Waals surface area contributed by atoms with Crippen molar-refractivity contribution in [1.82, 2.24) is 0 Å². The molecular weight excluding hydrogens is 398 g/mol. The van der Waals surface area contributed by atoms with Crippen LogP contribution in [-0.4, -0.2) is 46.4 Å². The highest BCUT2D eigenvalue weighted by atomic mass is 32.2. The van der Waals surface area contributed by atoms with Crippen LogP contribution in [-0.2, 0) is 19.4 Å². The number of anilines is 1. The minimum Gasteiger partial charge on any atom is -0.493 e. The van der Waals surface area contributed by atoms with Gasteiger partial charge in [0, 0.05) is 11.8 Å². The van der Waals surface area contributed by atoms with Crippen molar-refractivity contribution in [2.75, 3.05) is 25.3 Å². The van der Waals surface area contributed by atoms with Gasteiger partial charge in [0.25, 0.3) is 5.91 Å². The Kier molecular flexibility index (Phi) is 7.22. The summed E-state index contributed by atoms with van der Waals surface area (Å²) in [5, 5.41) is 2.61. The minimum absolute atomic E-state index is 0.111. The average molecular weight is 421 g/mol. The zero-order chi connectivity index (χ0) is 21.6. The van der Waals surface area contributed by atoms with Crippen LogP contribution in [0.25, 0.3) is 0 Å². The van der Waals surface area contributed by atoms with Gasteiger partial charge in [0.1, 0.15) is 0 Å². The molecule has 1 atom stereocenters. The van der Waals surface area contributed by atoms with Gasteiger partial charge in [-0.15, -0.1) is 0 Å². The van der Waals surface area contributed by atoms with Crippen molar-refractivity contribution in [1.29, 1.82) is 0 Å². The van der Waals surface area contributed by atoms with Crippen LogP contribution >= 0.6 is 0 Å². The highest BCUT2D eigenvalue weighted by Crippen LogP contribution is 2.29. The van der Waals surface area contributed by atoms with Crippen LogP contribution in [0.3, 0.4) is 0 Å². The summed E-state index contributed by atoms with van der Waals surface area (Å²) in [6, 6.07) is 10.5. The van der Waals surface area contributed by atoms with Gasteiger partial charge in [-0.2, -0.15) is 0 Å². The molecule has 9 heteroatoms. The lowest BCUT2D eigenvalue weighted by atomic mass is 10.2. The van der Waals surface area contributed by atoms with E-state index >= 15 is 0 Å². The Morgan fingerprint density at radius 1 is 1.03 bits per heavy atom. The zero-order valence-corrected chi connectivity index (χ0v) is 17.4. The van der Waals surface area contributed by atoms with Gasteiger partial charge in [-0.3, -0.25) is 4.79 Å². The molecule has 0 bridgehead atoms. The number of rotatable bonds is 8. The third-order valence-electron chi connectivity index (χ3n) is 4.13. The number of amides is 1. The molecule has 0 unspecified atom stereocenters. The summed E-state index contributed by atoms with van der Waals surface area (Å²) in [5.74, 6) is -0.714. The quantitative estimate of drug-likeness (QED) is 0.653. The van der Waals surface area contributed by atoms with Crippen LogP contribution in [0, 0.1) is 0 Å². The molecule has 8 nitrogen and oxygen atoms in total. The van der Waals surface area contributed by atoms with E-state index in [0.29, 0.717) is 17.2 Å². The van der Waals surface area contributed by atoms with E-state index in [-0.39, 0.29) is 16.2 Å². The van der Waals surface area contributed by atoms with Gasteiger partial charge in [-0.1, -0.05) is 19.1 Å². The van der Waals surface area contributed by atoms with Crippen molar-refractivity contribution >= 4 is 27.4 Å². The Balaban J connectivity index is 2.14. The van der Waals surface area contributed by atoms with Gasteiger partial charge < -0.3 is 19.5 Å². The van der Waals surface area contributed by atoms with Crippen molar-refractivity contribution in [3.8, 4) is 11.5 Å². The number of carbonyl (C=O) groups excluding carboxylic acids is 2. The molecule has 0 aliphatic heterocycles. The van der Waals surface area contributed by atoms with Crippen molar-refractivity contribution in [2.45, 2.75) is 24.8 Å². The molecule has 2 aromatic carbocycles. The smallest absolute Gasteiger partial charge is 0.340 e. The maximum Gasteiger partial charge on any atom is 0.340 e. The second-order valence-electron chi connectivity index (χ2n) is 6.01. The van der Waals surface area contributed by atoms with Crippen molar-refractivity contribution in [3.63, 3.8) is 0 Å². The topological polar surface area (TPSA) is 108 Å². The summed E-state index contributed by atoms with van der Waals surface area (Å²) in [4.78, 5) is 24.7. The van der Waals surface area contributed by atoms with Crippen molar-refractivity contribution < 1.29 is 32.2 Å². The predicted molar refractivity (Wildman–Crippen MR) is 107 cm³/mol. The molecular formula is C20H23NO7S. The molecule has 29 heavy (non-hydrogen) atoms. The molecule has 1 N–H and O–H groups in total. The lowest BCUT2D eigenvalue weighted by Crippen LogP contribution is -2.30.